The number of halogens is 1. The highest BCUT2D eigenvalue weighted by Gasteiger charge is 2.06. The van der Waals surface area contributed by atoms with Gasteiger partial charge in [-0.15, -0.1) is 0 Å². The summed E-state index contributed by atoms with van der Waals surface area (Å²) in [5, 5.41) is 8.87. The van der Waals surface area contributed by atoms with E-state index >= 15 is 0 Å². The summed E-state index contributed by atoms with van der Waals surface area (Å²) < 4.78 is 23.9. The van der Waals surface area contributed by atoms with Crippen LogP contribution >= 0.6 is 0 Å². The number of aromatic nitrogens is 1. The van der Waals surface area contributed by atoms with Gasteiger partial charge in [-0.05, 0) is 24.5 Å². The summed E-state index contributed by atoms with van der Waals surface area (Å²) >= 11 is 0. The third-order valence-corrected chi connectivity index (χ3v) is 2.97. The van der Waals surface area contributed by atoms with E-state index in [1.807, 2.05) is 36.4 Å². The molecule has 1 aromatic heterocycles. The molecule has 0 spiro atoms. The molecule has 0 N–H and O–H groups in total. The van der Waals surface area contributed by atoms with Crippen LogP contribution in [-0.4, -0.2) is 18.2 Å². The molecule has 0 aliphatic carbocycles. The number of hydrogen-bond acceptors (Lipinski definition) is 4. The summed E-state index contributed by atoms with van der Waals surface area (Å²) in [6.07, 6.45) is 2.66. The minimum atomic E-state index is -0.543. The first-order chi connectivity index (χ1) is 10.8. The molecule has 0 atom stereocenters. The Morgan fingerprint density at radius 1 is 1.14 bits per heavy atom. The topological polar surface area (TPSA) is 55.1 Å². The van der Waals surface area contributed by atoms with Gasteiger partial charge < -0.3 is 9.47 Å². The molecule has 0 unspecified atom stereocenters. The molecular formula is C17H17FN2O2. The van der Waals surface area contributed by atoms with Gasteiger partial charge in [-0.1, -0.05) is 30.3 Å². The summed E-state index contributed by atoms with van der Waals surface area (Å²) in [6.45, 7) is 1.65. The first-order valence-corrected chi connectivity index (χ1v) is 7.09. The third-order valence-electron chi connectivity index (χ3n) is 2.97. The van der Waals surface area contributed by atoms with Crippen LogP contribution in [0, 0.1) is 17.1 Å². The van der Waals surface area contributed by atoms with E-state index in [1.54, 1.807) is 0 Å². The Hall–Kier alpha value is -2.45. The number of benzene rings is 1. The number of nitrogens with zero attached hydrogens (tertiary/aromatic N) is 2. The van der Waals surface area contributed by atoms with Gasteiger partial charge in [0, 0.05) is 6.61 Å². The lowest BCUT2D eigenvalue weighted by molar-refractivity contribution is 0.113. The summed E-state index contributed by atoms with van der Waals surface area (Å²) in [7, 11) is 0. The predicted octanol–water partition coefficient (Wildman–Crippen LogP) is 3.47. The van der Waals surface area contributed by atoms with Crippen molar-refractivity contribution < 1.29 is 13.9 Å². The third kappa shape index (κ3) is 5.15. The SMILES string of the molecule is N#Cc1cc(F)cnc1OCCCCOCc1ccccc1. The first-order valence-electron chi connectivity index (χ1n) is 7.09. The molecule has 2 rings (SSSR count). The lowest BCUT2D eigenvalue weighted by Crippen LogP contribution is -2.03. The molecule has 2 aromatic rings. The van der Waals surface area contributed by atoms with Crippen molar-refractivity contribution >= 4 is 0 Å². The van der Waals surface area contributed by atoms with Gasteiger partial charge in [0.15, 0.2) is 0 Å². The fourth-order valence-electron chi connectivity index (χ4n) is 1.86. The zero-order valence-electron chi connectivity index (χ0n) is 12.2. The molecule has 22 heavy (non-hydrogen) atoms. The Morgan fingerprint density at radius 2 is 1.91 bits per heavy atom. The molecule has 5 heteroatoms. The van der Waals surface area contributed by atoms with Crippen molar-refractivity contribution in [2.45, 2.75) is 19.4 Å². The molecule has 1 aromatic carbocycles. The molecule has 0 radical (unpaired) electrons. The van der Waals surface area contributed by atoms with Gasteiger partial charge in [0.2, 0.25) is 5.88 Å². The van der Waals surface area contributed by atoms with E-state index < -0.39 is 5.82 Å². The van der Waals surface area contributed by atoms with Gasteiger partial charge >= 0.3 is 0 Å². The molecule has 0 amide bonds. The molecule has 0 aliphatic rings. The molecule has 0 saturated carbocycles. The van der Waals surface area contributed by atoms with Crippen molar-refractivity contribution in [2.75, 3.05) is 13.2 Å². The minimum Gasteiger partial charge on any atom is -0.477 e. The minimum absolute atomic E-state index is 0.111. The zero-order valence-corrected chi connectivity index (χ0v) is 12.2. The Morgan fingerprint density at radius 3 is 2.68 bits per heavy atom. The Labute approximate surface area is 129 Å². The fraction of sp³-hybridized carbons (Fsp3) is 0.294. The standard InChI is InChI=1S/C17H17FN2O2/c18-16-10-15(11-19)17(20-12-16)22-9-5-4-8-21-13-14-6-2-1-3-7-14/h1-3,6-7,10,12H,4-5,8-9,13H2. The Kier molecular flexibility index (Phi) is 6.34. The van der Waals surface area contributed by atoms with Crippen molar-refractivity contribution in [3.05, 3.63) is 59.5 Å². The van der Waals surface area contributed by atoms with Crippen LogP contribution in [0.15, 0.2) is 42.6 Å². The second-order valence-electron chi connectivity index (χ2n) is 4.71. The molecule has 0 bridgehead atoms. The van der Waals surface area contributed by atoms with Crippen LogP contribution in [0.4, 0.5) is 4.39 Å². The summed E-state index contributed by atoms with van der Waals surface area (Å²) in [5.41, 5.74) is 1.26. The molecule has 0 fully saturated rings. The van der Waals surface area contributed by atoms with Crippen molar-refractivity contribution in [3.8, 4) is 11.9 Å². The van der Waals surface area contributed by atoms with Gasteiger partial charge in [0.25, 0.3) is 0 Å². The van der Waals surface area contributed by atoms with Gasteiger partial charge in [0.1, 0.15) is 17.4 Å². The zero-order chi connectivity index (χ0) is 15.6. The summed E-state index contributed by atoms with van der Waals surface area (Å²) in [5.74, 6) is -0.368. The molecule has 4 nitrogen and oxygen atoms in total. The van der Waals surface area contributed by atoms with E-state index in [1.165, 1.54) is 0 Å². The average molecular weight is 300 g/mol. The molecule has 114 valence electrons. The van der Waals surface area contributed by atoms with E-state index in [0.717, 1.165) is 30.7 Å². The molecule has 0 saturated heterocycles. The van der Waals surface area contributed by atoms with Crippen molar-refractivity contribution in [1.82, 2.24) is 4.98 Å². The fourth-order valence-corrected chi connectivity index (χ4v) is 1.86. The van der Waals surface area contributed by atoms with Crippen LogP contribution in [0.5, 0.6) is 5.88 Å². The van der Waals surface area contributed by atoms with Crippen molar-refractivity contribution in [2.24, 2.45) is 0 Å². The van der Waals surface area contributed by atoms with E-state index in [2.05, 4.69) is 4.98 Å². The maximum absolute atomic E-state index is 12.9. The maximum Gasteiger partial charge on any atom is 0.231 e. The lowest BCUT2D eigenvalue weighted by Gasteiger charge is -2.07. The predicted molar refractivity (Wildman–Crippen MR) is 79.7 cm³/mol. The van der Waals surface area contributed by atoms with Gasteiger partial charge in [-0.2, -0.15) is 5.26 Å². The van der Waals surface area contributed by atoms with Crippen LogP contribution in [0.1, 0.15) is 24.0 Å². The number of pyridine rings is 1. The van der Waals surface area contributed by atoms with Crippen LogP contribution in [0.2, 0.25) is 0 Å². The normalized spacial score (nSPS) is 10.2. The molecule has 1 heterocycles. The van der Waals surface area contributed by atoms with Crippen LogP contribution < -0.4 is 4.74 Å². The summed E-state index contributed by atoms with van der Waals surface area (Å²) in [6, 6.07) is 13.0. The number of ether oxygens (including phenoxy) is 2. The highest BCUT2D eigenvalue weighted by Crippen LogP contribution is 2.15. The quantitative estimate of drug-likeness (QED) is 0.700. The summed E-state index contributed by atoms with van der Waals surface area (Å²) in [4.78, 5) is 3.77. The van der Waals surface area contributed by atoms with Gasteiger partial charge in [-0.3, -0.25) is 0 Å². The van der Waals surface area contributed by atoms with Gasteiger partial charge in [0.05, 0.1) is 19.4 Å². The smallest absolute Gasteiger partial charge is 0.231 e. The molecular weight excluding hydrogens is 283 g/mol. The van der Waals surface area contributed by atoms with Crippen LogP contribution in [0.3, 0.4) is 0 Å². The van der Waals surface area contributed by atoms with E-state index in [4.69, 9.17) is 14.7 Å². The largest absolute Gasteiger partial charge is 0.477 e. The second-order valence-corrected chi connectivity index (χ2v) is 4.71. The Bertz CT molecular complexity index is 626. The number of hydrogen-bond donors (Lipinski definition) is 0. The van der Waals surface area contributed by atoms with Crippen LogP contribution in [0.25, 0.3) is 0 Å². The second kappa shape index (κ2) is 8.75. The highest BCUT2D eigenvalue weighted by molar-refractivity contribution is 5.37. The number of rotatable bonds is 8. The number of unbranched alkanes of at least 4 members (excludes halogenated alkanes) is 1. The van der Waals surface area contributed by atoms with Crippen molar-refractivity contribution in [1.29, 1.82) is 5.26 Å². The van der Waals surface area contributed by atoms with E-state index in [9.17, 15) is 4.39 Å². The first kappa shape index (κ1) is 15.9. The van der Waals surface area contributed by atoms with E-state index in [0.29, 0.717) is 19.8 Å². The maximum atomic E-state index is 12.9. The Balaban J connectivity index is 1.61. The lowest BCUT2D eigenvalue weighted by atomic mass is 10.2. The number of nitriles is 1. The average Bonchev–Trinajstić information content (AvgIpc) is 2.56. The highest BCUT2D eigenvalue weighted by atomic mass is 19.1. The molecule has 0 aliphatic heterocycles. The van der Waals surface area contributed by atoms with Gasteiger partial charge in [-0.25, -0.2) is 9.37 Å². The van der Waals surface area contributed by atoms with E-state index in [-0.39, 0.29) is 11.4 Å². The van der Waals surface area contributed by atoms with Crippen LogP contribution in [-0.2, 0) is 11.3 Å². The van der Waals surface area contributed by atoms with Crippen molar-refractivity contribution in [3.63, 3.8) is 0 Å². The monoisotopic (exact) mass is 300 g/mol.